The van der Waals surface area contributed by atoms with Crippen LogP contribution in [-0.2, 0) is 0 Å². The number of rotatable bonds is 4. The van der Waals surface area contributed by atoms with Gasteiger partial charge in [-0.3, -0.25) is 0 Å². The van der Waals surface area contributed by atoms with Crippen LogP contribution in [-0.4, -0.2) is 24.2 Å². The Bertz CT molecular complexity index is 495. The molecule has 1 unspecified atom stereocenters. The quantitative estimate of drug-likeness (QED) is 0.884. The van der Waals surface area contributed by atoms with Crippen LogP contribution in [0.4, 0.5) is 0 Å². The molecule has 5 heteroatoms. The molecule has 0 saturated heterocycles. The zero-order valence-electron chi connectivity index (χ0n) is 10.3. The zero-order chi connectivity index (χ0) is 13.0. The lowest BCUT2D eigenvalue weighted by molar-refractivity contribution is 0.393. The molecule has 0 amide bonds. The number of aromatic nitrogens is 2. The number of methoxy groups -OCH3 is 2. The third kappa shape index (κ3) is 2.57. The molecule has 0 aliphatic heterocycles. The minimum atomic E-state index is -0.336. The summed E-state index contributed by atoms with van der Waals surface area (Å²) in [7, 11) is 3.21. The molecular formula is C13H15N3O2. The number of nitrogens with two attached hydrogens (primary N) is 1. The summed E-state index contributed by atoms with van der Waals surface area (Å²) >= 11 is 0. The van der Waals surface area contributed by atoms with Crippen LogP contribution in [0.15, 0.2) is 36.8 Å². The van der Waals surface area contributed by atoms with Crippen molar-refractivity contribution >= 4 is 0 Å². The third-order valence-electron chi connectivity index (χ3n) is 2.66. The summed E-state index contributed by atoms with van der Waals surface area (Å²) in [6.45, 7) is 0. The van der Waals surface area contributed by atoms with E-state index in [1.54, 1.807) is 32.5 Å². The first-order valence-corrected chi connectivity index (χ1v) is 5.49. The molecule has 0 aliphatic carbocycles. The Hall–Kier alpha value is -2.14. The summed E-state index contributed by atoms with van der Waals surface area (Å²) in [5.41, 5.74) is 7.79. The van der Waals surface area contributed by atoms with Crippen molar-refractivity contribution in [3.05, 3.63) is 48.0 Å². The van der Waals surface area contributed by atoms with Crippen molar-refractivity contribution in [2.24, 2.45) is 5.73 Å². The van der Waals surface area contributed by atoms with Gasteiger partial charge in [0.1, 0.15) is 17.8 Å². The number of nitrogens with zero attached hydrogens (tertiary/aromatic N) is 2. The molecule has 1 aromatic heterocycles. The Kier molecular flexibility index (Phi) is 3.74. The predicted octanol–water partition coefficient (Wildman–Crippen LogP) is 1.54. The fourth-order valence-electron chi connectivity index (χ4n) is 1.66. The van der Waals surface area contributed by atoms with Gasteiger partial charge in [0, 0.05) is 12.3 Å². The van der Waals surface area contributed by atoms with Crippen LogP contribution in [0.25, 0.3) is 0 Å². The van der Waals surface area contributed by atoms with E-state index in [-0.39, 0.29) is 6.04 Å². The molecule has 1 aromatic carbocycles. The Morgan fingerprint density at radius 2 is 1.78 bits per heavy atom. The fraction of sp³-hybridized carbons (Fsp3) is 0.231. The first kappa shape index (κ1) is 12.3. The van der Waals surface area contributed by atoms with Gasteiger partial charge in [0.15, 0.2) is 0 Å². The lowest BCUT2D eigenvalue weighted by Gasteiger charge is -2.14. The molecule has 0 radical (unpaired) electrons. The molecule has 0 bridgehead atoms. The van der Waals surface area contributed by atoms with Gasteiger partial charge in [-0.2, -0.15) is 0 Å². The van der Waals surface area contributed by atoms with Gasteiger partial charge < -0.3 is 15.2 Å². The second-order valence-corrected chi connectivity index (χ2v) is 3.76. The SMILES string of the molecule is COc1cc(OC)cc(C(N)c2ccncn2)c1. The Balaban J connectivity index is 2.38. The van der Waals surface area contributed by atoms with Crippen molar-refractivity contribution in [1.29, 1.82) is 0 Å². The van der Waals surface area contributed by atoms with Crippen molar-refractivity contribution in [2.75, 3.05) is 14.2 Å². The van der Waals surface area contributed by atoms with E-state index >= 15 is 0 Å². The van der Waals surface area contributed by atoms with Crippen LogP contribution in [0.2, 0.25) is 0 Å². The van der Waals surface area contributed by atoms with Crippen LogP contribution in [0.1, 0.15) is 17.3 Å². The van der Waals surface area contributed by atoms with E-state index in [1.165, 1.54) is 6.33 Å². The summed E-state index contributed by atoms with van der Waals surface area (Å²) in [5, 5.41) is 0. The van der Waals surface area contributed by atoms with E-state index in [2.05, 4.69) is 9.97 Å². The largest absolute Gasteiger partial charge is 0.497 e. The Morgan fingerprint density at radius 3 is 2.28 bits per heavy atom. The summed E-state index contributed by atoms with van der Waals surface area (Å²) < 4.78 is 10.4. The van der Waals surface area contributed by atoms with Crippen molar-refractivity contribution in [3.8, 4) is 11.5 Å². The maximum absolute atomic E-state index is 6.16. The van der Waals surface area contributed by atoms with Crippen LogP contribution >= 0.6 is 0 Å². The number of benzene rings is 1. The topological polar surface area (TPSA) is 70.3 Å². The number of hydrogen-bond acceptors (Lipinski definition) is 5. The average molecular weight is 245 g/mol. The number of hydrogen-bond donors (Lipinski definition) is 1. The smallest absolute Gasteiger partial charge is 0.122 e. The van der Waals surface area contributed by atoms with Gasteiger partial charge in [-0.1, -0.05) is 0 Å². The van der Waals surface area contributed by atoms with Gasteiger partial charge in [-0.05, 0) is 23.8 Å². The zero-order valence-corrected chi connectivity index (χ0v) is 10.3. The number of ether oxygens (including phenoxy) is 2. The highest BCUT2D eigenvalue weighted by molar-refractivity contribution is 5.41. The molecule has 18 heavy (non-hydrogen) atoms. The van der Waals surface area contributed by atoms with Gasteiger partial charge in [-0.25, -0.2) is 9.97 Å². The fourth-order valence-corrected chi connectivity index (χ4v) is 1.66. The second kappa shape index (κ2) is 5.46. The highest BCUT2D eigenvalue weighted by Crippen LogP contribution is 2.27. The molecule has 1 heterocycles. The third-order valence-corrected chi connectivity index (χ3v) is 2.66. The molecule has 1 atom stereocenters. The molecule has 94 valence electrons. The second-order valence-electron chi connectivity index (χ2n) is 3.76. The highest BCUT2D eigenvalue weighted by atomic mass is 16.5. The predicted molar refractivity (Wildman–Crippen MR) is 67.6 cm³/mol. The van der Waals surface area contributed by atoms with Gasteiger partial charge >= 0.3 is 0 Å². The lowest BCUT2D eigenvalue weighted by Crippen LogP contribution is -2.13. The van der Waals surface area contributed by atoms with Gasteiger partial charge in [0.25, 0.3) is 0 Å². The van der Waals surface area contributed by atoms with E-state index in [0.717, 1.165) is 11.3 Å². The molecule has 5 nitrogen and oxygen atoms in total. The van der Waals surface area contributed by atoms with E-state index in [4.69, 9.17) is 15.2 Å². The molecule has 2 N–H and O–H groups in total. The molecule has 0 aliphatic rings. The molecule has 0 fully saturated rings. The lowest BCUT2D eigenvalue weighted by atomic mass is 10.0. The van der Waals surface area contributed by atoms with Crippen LogP contribution in [0.3, 0.4) is 0 Å². The van der Waals surface area contributed by atoms with Crippen LogP contribution in [0.5, 0.6) is 11.5 Å². The Morgan fingerprint density at radius 1 is 1.11 bits per heavy atom. The minimum absolute atomic E-state index is 0.336. The summed E-state index contributed by atoms with van der Waals surface area (Å²) in [6, 6.07) is 6.99. The van der Waals surface area contributed by atoms with Crippen molar-refractivity contribution < 1.29 is 9.47 Å². The van der Waals surface area contributed by atoms with Gasteiger partial charge in [-0.15, -0.1) is 0 Å². The molecule has 0 spiro atoms. The van der Waals surface area contributed by atoms with Crippen LogP contribution in [0, 0.1) is 0 Å². The first-order valence-electron chi connectivity index (χ1n) is 5.49. The maximum atomic E-state index is 6.16. The summed E-state index contributed by atoms with van der Waals surface area (Å²) in [6.07, 6.45) is 3.15. The van der Waals surface area contributed by atoms with Gasteiger partial charge in [0.05, 0.1) is 26.0 Å². The van der Waals surface area contributed by atoms with Crippen molar-refractivity contribution in [1.82, 2.24) is 9.97 Å². The molecular weight excluding hydrogens is 230 g/mol. The van der Waals surface area contributed by atoms with Crippen molar-refractivity contribution in [3.63, 3.8) is 0 Å². The average Bonchev–Trinajstić information content (AvgIpc) is 2.46. The Labute approximate surface area is 106 Å². The minimum Gasteiger partial charge on any atom is -0.497 e. The van der Waals surface area contributed by atoms with Gasteiger partial charge in [0.2, 0.25) is 0 Å². The molecule has 2 aromatic rings. The monoisotopic (exact) mass is 245 g/mol. The van der Waals surface area contributed by atoms with Crippen molar-refractivity contribution in [2.45, 2.75) is 6.04 Å². The van der Waals surface area contributed by atoms with E-state index < -0.39 is 0 Å². The molecule has 2 rings (SSSR count). The molecule has 0 saturated carbocycles. The first-order chi connectivity index (χ1) is 8.74. The highest BCUT2D eigenvalue weighted by Gasteiger charge is 2.12. The van der Waals surface area contributed by atoms with E-state index in [1.807, 2.05) is 12.1 Å². The summed E-state index contributed by atoms with van der Waals surface area (Å²) in [4.78, 5) is 8.02. The van der Waals surface area contributed by atoms with E-state index in [0.29, 0.717) is 11.5 Å². The van der Waals surface area contributed by atoms with E-state index in [9.17, 15) is 0 Å². The normalized spacial score (nSPS) is 11.9. The summed E-state index contributed by atoms with van der Waals surface area (Å²) in [5.74, 6) is 1.41. The standard InChI is InChI=1S/C13H15N3O2/c1-17-10-5-9(6-11(7-10)18-2)13(14)12-3-4-15-8-16-12/h3-8,13H,14H2,1-2H3. The maximum Gasteiger partial charge on any atom is 0.122 e. The van der Waals surface area contributed by atoms with Crippen LogP contribution < -0.4 is 15.2 Å².